The van der Waals surface area contributed by atoms with Crippen LogP contribution in [0.2, 0.25) is 0 Å². The fraction of sp³-hybridized carbons (Fsp3) is 0.718. The molecule has 10 heteroatoms. The first kappa shape index (κ1) is 84.4. The Morgan fingerprint density at radius 1 is 0.364 bits per heavy atom. The summed E-state index contributed by atoms with van der Waals surface area (Å²) in [6, 6.07) is 0. The summed E-state index contributed by atoms with van der Waals surface area (Å²) in [4.78, 5) is 35.9. The van der Waals surface area contributed by atoms with Gasteiger partial charge in [-0.3, -0.25) is 18.6 Å². The largest absolute Gasteiger partial charge is 0.472 e. The van der Waals surface area contributed by atoms with Gasteiger partial charge in [0.1, 0.15) is 19.8 Å². The van der Waals surface area contributed by atoms with E-state index in [9.17, 15) is 19.0 Å². The third-order valence-corrected chi connectivity index (χ3v) is 16.5. The van der Waals surface area contributed by atoms with Gasteiger partial charge in [-0.1, -0.05) is 328 Å². The zero-order valence-corrected chi connectivity index (χ0v) is 58.6. The lowest BCUT2D eigenvalue weighted by Crippen LogP contribution is -2.37. The Bertz CT molecular complexity index is 1900. The van der Waals surface area contributed by atoms with Gasteiger partial charge in [0.05, 0.1) is 27.7 Å². The highest BCUT2D eigenvalue weighted by molar-refractivity contribution is 7.47. The first-order valence-electron chi connectivity index (χ1n) is 36.3. The Morgan fingerprint density at radius 3 is 0.966 bits per heavy atom. The maximum Gasteiger partial charge on any atom is 0.472 e. The van der Waals surface area contributed by atoms with E-state index in [-0.39, 0.29) is 32.0 Å². The lowest BCUT2D eigenvalue weighted by Gasteiger charge is -2.24. The van der Waals surface area contributed by atoms with Crippen molar-refractivity contribution in [2.24, 2.45) is 0 Å². The lowest BCUT2D eigenvalue weighted by atomic mass is 10.0. The monoisotopic (exact) mass is 1250 g/mol. The maximum absolute atomic E-state index is 12.9. The summed E-state index contributed by atoms with van der Waals surface area (Å²) in [5.74, 6) is -0.822. The van der Waals surface area contributed by atoms with Crippen LogP contribution in [0.15, 0.2) is 122 Å². The van der Waals surface area contributed by atoms with E-state index in [0.717, 1.165) is 109 Å². The standard InChI is InChI=1S/C78H136NO8P/c1-6-8-10-12-14-16-18-20-22-24-26-28-30-32-34-36-37-38-39-40-41-43-45-47-49-51-53-55-57-59-61-63-65-67-69-71-78(81)87-76(75-86-88(82,83)85-73-72-79(3,4)5)74-84-77(80)70-68-66-64-62-60-58-56-54-52-50-48-46-44-42-35-33-31-29-27-25-23-21-19-17-15-13-11-9-7-2/h8,10,14,16,20,22,26,28,32,34,37-38,40-41,45,47,51,53,57,59,76H,6-7,9,11-13,15,17-19,21,23-25,27,29-31,33,35-36,39,42-44,46,48-50,52,54-56,58,60-75H2,1-5H3/p+1/b10-8-,16-14-,22-20-,28-26-,34-32-,38-37-,41-40-,47-45-,53-51-,59-57-. The van der Waals surface area contributed by atoms with Crippen LogP contribution >= 0.6 is 7.82 Å². The molecule has 88 heavy (non-hydrogen) atoms. The van der Waals surface area contributed by atoms with Gasteiger partial charge in [0.2, 0.25) is 0 Å². The van der Waals surface area contributed by atoms with Crippen LogP contribution in [0, 0.1) is 0 Å². The zero-order valence-electron chi connectivity index (χ0n) is 57.7. The number of ether oxygens (including phenoxy) is 2. The van der Waals surface area contributed by atoms with E-state index in [0.29, 0.717) is 17.4 Å². The molecule has 0 amide bonds. The number of hydrogen-bond acceptors (Lipinski definition) is 7. The van der Waals surface area contributed by atoms with E-state index in [1.54, 1.807) is 0 Å². The number of carbonyl (C=O) groups excluding carboxylic acids is 2. The second-order valence-electron chi connectivity index (χ2n) is 25.3. The second-order valence-corrected chi connectivity index (χ2v) is 26.7. The summed E-state index contributed by atoms with van der Waals surface area (Å²) in [5, 5.41) is 0. The van der Waals surface area contributed by atoms with E-state index in [1.807, 2.05) is 21.1 Å². The fourth-order valence-electron chi connectivity index (χ4n) is 9.99. The van der Waals surface area contributed by atoms with E-state index in [1.165, 1.54) is 167 Å². The number of likely N-dealkylation sites (N-methyl/N-ethyl adjacent to an activating group) is 1. The first-order chi connectivity index (χ1) is 43.0. The summed E-state index contributed by atoms with van der Waals surface area (Å²) >= 11 is 0. The molecule has 0 aliphatic heterocycles. The Kier molecular flexibility index (Phi) is 65.0. The van der Waals surface area contributed by atoms with Crippen molar-refractivity contribution in [3.05, 3.63) is 122 Å². The molecule has 2 unspecified atom stereocenters. The quantitative estimate of drug-likeness (QED) is 0.0211. The summed E-state index contributed by atoms with van der Waals surface area (Å²) in [7, 11) is 1.45. The number of carbonyl (C=O) groups is 2. The molecule has 506 valence electrons. The van der Waals surface area contributed by atoms with Gasteiger partial charge in [0, 0.05) is 12.8 Å². The molecule has 0 aromatic rings. The summed E-state index contributed by atoms with van der Waals surface area (Å²) in [6.07, 6.45) is 97.4. The van der Waals surface area contributed by atoms with Crippen LogP contribution < -0.4 is 0 Å². The number of quaternary nitrogens is 1. The summed E-state index contributed by atoms with van der Waals surface area (Å²) < 4.78 is 34.7. The van der Waals surface area contributed by atoms with Crippen LogP contribution in [0.3, 0.4) is 0 Å². The van der Waals surface area contributed by atoms with Crippen LogP contribution in [-0.2, 0) is 32.7 Å². The predicted octanol–water partition coefficient (Wildman–Crippen LogP) is 23.8. The van der Waals surface area contributed by atoms with Gasteiger partial charge in [-0.2, -0.15) is 0 Å². The van der Waals surface area contributed by atoms with Gasteiger partial charge >= 0.3 is 19.8 Å². The SMILES string of the molecule is CC/C=C\C/C=C\C/C=C\C/C=C\C/C=C\C/C=C\C/C=C\C/C=C\C/C=C\C/C=C\CCCCCCC(=O)OC(COC(=O)CCCCCCCCCCCCCCCCCCCCCCCCCCCCCCC)COP(=O)(O)OCC[N+](C)(C)C. The number of rotatable bonds is 66. The molecule has 0 radical (unpaired) electrons. The van der Waals surface area contributed by atoms with Crippen molar-refractivity contribution in [3.63, 3.8) is 0 Å². The molecule has 0 saturated heterocycles. The van der Waals surface area contributed by atoms with Gasteiger partial charge in [-0.05, 0) is 89.9 Å². The summed E-state index contributed by atoms with van der Waals surface area (Å²) in [5.41, 5.74) is 0. The number of unbranched alkanes of at least 4 members (excludes halogenated alkanes) is 32. The number of nitrogens with zero attached hydrogens (tertiary/aromatic N) is 1. The zero-order chi connectivity index (χ0) is 64.1. The number of phosphoric ester groups is 1. The second kappa shape index (κ2) is 67.8. The van der Waals surface area contributed by atoms with E-state index in [4.69, 9.17) is 18.5 Å². The van der Waals surface area contributed by atoms with Gasteiger partial charge in [-0.25, -0.2) is 4.57 Å². The minimum atomic E-state index is -4.41. The summed E-state index contributed by atoms with van der Waals surface area (Å²) in [6.45, 7) is 4.32. The third kappa shape index (κ3) is 71.5. The Morgan fingerprint density at radius 2 is 0.648 bits per heavy atom. The van der Waals surface area contributed by atoms with Gasteiger partial charge < -0.3 is 18.9 Å². The molecule has 1 N–H and O–H groups in total. The van der Waals surface area contributed by atoms with E-state index >= 15 is 0 Å². The number of hydrogen-bond donors (Lipinski definition) is 1. The Labute approximate surface area is 543 Å². The fourth-order valence-corrected chi connectivity index (χ4v) is 10.7. The maximum atomic E-state index is 12.9. The highest BCUT2D eigenvalue weighted by Gasteiger charge is 2.27. The van der Waals surface area contributed by atoms with Crippen molar-refractivity contribution in [2.75, 3.05) is 47.5 Å². The van der Waals surface area contributed by atoms with Crippen molar-refractivity contribution < 1.29 is 42.1 Å². The average Bonchev–Trinajstić information content (AvgIpc) is 3.57. The smallest absolute Gasteiger partial charge is 0.462 e. The normalized spacial score (nSPS) is 13.8. The molecule has 0 fully saturated rings. The van der Waals surface area contributed by atoms with Gasteiger partial charge in [0.15, 0.2) is 6.10 Å². The van der Waals surface area contributed by atoms with Crippen molar-refractivity contribution >= 4 is 19.8 Å². The number of esters is 2. The van der Waals surface area contributed by atoms with Gasteiger partial charge in [0.25, 0.3) is 0 Å². The third-order valence-electron chi connectivity index (χ3n) is 15.5. The molecule has 0 rings (SSSR count). The molecule has 0 saturated carbocycles. The van der Waals surface area contributed by atoms with Crippen LogP contribution in [0.25, 0.3) is 0 Å². The Hall–Kier alpha value is -3.59. The van der Waals surface area contributed by atoms with Crippen LogP contribution in [-0.4, -0.2) is 74.9 Å². The molecular weight excluding hydrogens is 1110 g/mol. The minimum Gasteiger partial charge on any atom is -0.462 e. The predicted molar refractivity (Wildman–Crippen MR) is 381 cm³/mol. The minimum absolute atomic E-state index is 0.0217. The van der Waals surface area contributed by atoms with E-state index < -0.39 is 26.5 Å². The van der Waals surface area contributed by atoms with Crippen LogP contribution in [0.1, 0.15) is 309 Å². The molecule has 0 aromatic heterocycles. The molecule has 2 atom stereocenters. The molecule has 0 spiro atoms. The molecular formula is C78H137NO8P+. The van der Waals surface area contributed by atoms with Gasteiger partial charge in [-0.15, -0.1) is 0 Å². The first-order valence-corrected chi connectivity index (χ1v) is 37.8. The van der Waals surface area contributed by atoms with Crippen molar-refractivity contribution in [2.45, 2.75) is 315 Å². The molecule has 9 nitrogen and oxygen atoms in total. The van der Waals surface area contributed by atoms with Crippen LogP contribution in [0.4, 0.5) is 0 Å². The molecule has 0 aliphatic rings. The average molecular weight is 1250 g/mol. The number of phosphoric acid groups is 1. The highest BCUT2D eigenvalue weighted by atomic mass is 31.2. The van der Waals surface area contributed by atoms with E-state index in [2.05, 4.69) is 135 Å². The van der Waals surface area contributed by atoms with Crippen molar-refractivity contribution in [3.8, 4) is 0 Å². The molecule has 0 aliphatic carbocycles. The van der Waals surface area contributed by atoms with Crippen molar-refractivity contribution in [1.82, 2.24) is 0 Å². The lowest BCUT2D eigenvalue weighted by molar-refractivity contribution is -0.870. The van der Waals surface area contributed by atoms with Crippen molar-refractivity contribution in [1.29, 1.82) is 0 Å². The Balaban J connectivity index is 4.13. The number of allylic oxidation sites excluding steroid dienone is 20. The topological polar surface area (TPSA) is 108 Å². The molecule has 0 bridgehead atoms. The molecule has 0 aromatic carbocycles. The molecule has 0 heterocycles. The van der Waals surface area contributed by atoms with Crippen LogP contribution in [0.5, 0.6) is 0 Å². The highest BCUT2D eigenvalue weighted by Crippen LogP contribution is 2.43.